The van der Waals surface area contributed by atoms with Gasteiger partial charge in [0.05, 0.1) is 29.8 Å². The number of carbonyl (C=O) groups excluding carboxylic acids is 2. The van der Waals surface area contributed by atoms with E-state index in [1.165, 1.54) is 7.11 Å². The Kier molecular flexibility index (Phi) is 4.68. The summed E-state index contributed by atoms with van der Waals surface area (Å²) in [4.78, 5) is 26.2. The second-order valence-corrected chi connectivity index (χ2v) is 6.43. The highest BCUT2D eigenvalue weighted by Gasteiger charge is 2.29. The van der Waals surface area contributed by atoms with Crippen LogP contribution in [0.2, 0.25) is 0 Å². The van der Waals surface area contributed by atoms with Crippen molar-refractivity contribution in [3.63, 3.8) is 0 Å². The van der Waals surface area contributed by atoms with Gasteiger partial charge in [0.1, 0.15) is 5.69 Å². The summed E-state index contributed by atoms with van der Waals surface area (Å²) in [5.41, 5.74) is 3.46. The molecule has 29 heavy (non-hydrogen) atoms. The Hall–Kier alpha value is -4.17. The van der Waals surface area contributed by atoms with Crippen molar-refractivity contribution in [1.29, 1.82) is 5.26 Å². The quantitative estimate of drug-likeness (QED) is 0.386. The van der Waals surface area contributed by atoms with Gasteiger partial charge in [-0.15, -0.1) is 0 Å². The lowest BCUT2D eigenvalue weighted by Crippen LogP contribution is -2.07. The Morgan fingerprint density at radius 3 is 2.28 bits per heavy atom. The minimum absolute atomic E-state index is 0.191. The van der Waals surface area contributed by atoms with Crippen LogP contribution in [0.4, 0.5) is 0 Å². The number of hydrogen-bond donors (Lipinski definition) is 0. The van der Waals surface area contributed by atoms with E-state index in [0.29, 0.717) is 33.3 Å². The molecule has 4 rings (SSSR count). The highest BCUT2D eigenvalue weighted by Crippen LogP contribution is 2.35. The molecule has 0 fully saturated rings. The molecule has 2 heterocycles. The van der Waals surface area contributed by atoms with Gasteiger partial charge in [-0.1, -0.05) is 48.5 Å². The van der Waals surface area contributed by atoms with Gasteiger partial charge in [-0.05, 0) is 29.8 Å². The molecule has 0 unspecified atom stereocenters. The first-order valence-electron chi connectivity index (χ1n) is 8.97. The van der Waals surface area contributed by atoms with E-state index in [-0.39, 0.29) is 11.5 Å². The summed E-state index contributed by atoms with van der Waals surface area (Å²) in [5.74, 6) is -0.735. The molecule has 0 saturated heterocycles. The fourth-order valence-corrected chi connectivity index (χ4v) is 3.46. The topological polar surface area (TPSA) is 71.6 Å². The monoisotopic (exact) mass is 380 g/mol. The molecule has 2 aromatic heterocycles. The van der Waals surface area contributed by atoms with Crippen LogP contribution in [0.15, 0.2) is 79.0 Å². The van der Waals surface area contributed by atoms with Crippen molar-refractivity contribution in [1.82, 2.24) is 4.40 Å². The van der Waals surface area contributed by atoms with Crippen LogP contribution in [-0.2, 0) is 4.74 Å². The molecule has 0 spiro atoms. The summed E-state index contributed by atoms with van der Waals surface area (Å²) in [5, 5.41) is 9.10. The van der Waals surface area contributed by atoms with Crippen molar-refractivity contribution in [2.75, 3.05) is 7.11 Å². The van der Waals surface area contributed by atoms with E-state index in [2.05, 4.69) is 6.07 Å². The molecule has 140 valence electrons. The number of nitrogens with zero attached hydrogens (tertiary/aromatic N) is 2. The molecule has 4 aromatic rings. The molecule has 0 aliphatic rings. The van der Waals surface area contributed by atoms with Gasteiger partial charge >= 0.3 is 5.97 Å². The third-order valence-corrected chi connectivity index (χ3v) is 4.79. The lowest BCUT2D eigenvalue weighted by atomic mass is 9.94. The molecule has 0 N–H and O–H groups in total. The van der Waals surface area contributed by atoms with Gasteiger partial charge in [0.25, 0.3) is 0 Å². The minimum Gasteiger partial charge on any atom is -0.464 e. The van der Waals surface area contributed by atoms with Crippen LogP contribution >= 0.6 is 0 Å². The van der Waals surface area contributed by atoms with Crippen LogP contribution in [0.25, 0.3) is 16.6 Å². The summed E-state index contributed by atoms with van der Waals surface area (Å²) in [6.07, 6.45) is 1.73. The molecule has 5 heteroatoms. The van der Waals surface area contributed by atoms with E-state index < -0.39 is 5.97 Å². The van der Waals surface area contributed by atoms with Crippen molar-refractivity contribution in [3.05, 3.63) is 101 Å². The zero-order chi connectivity index (χ0) is 20.4. The second kappa shape index (κ2) is 7.45. The number of ketones is 1. The highest BCUT2D eigenvalue weighted by atomic mass is 16.5. The van der Waals surface area contributed by atoms with Crippen molar-refractivity contribution < 1.29 is 14.3 Å². The standard InChI is InChI=1S/C24H16N2O3/c1-29-24(28)22-20(17-12-10-16(15-25)11-13-17)21(19-9-5-6-14-26(19)22)23(27)18-7-3-2-4-8-18/h2-14H,1H3. The van der Waals surface area contributed by atoms with Crippen LogP contribution < -0.4 is 0 Å². The SMILES string of the molecule is COC(=O)c1c(-c2ccc(C#N)cc2)c(C(=O)c2ccccc2)c2ccccn12. The molecule has 0 saturated carbocycles. The lowest BCUT2D eigenvalue weighted by molar-refractivity contribution is 0.0594. The first kappa shape index (κ1) is 18.2. The van der Waals surface area contributed by atoms with Crippen molar-refractivity contribution in [2.45, 2.75) is 0 Å². The number of ether oxygens (including phenoxy) is 1. The highest BCUT2D eigenvalue weighted by molar-refractivity contribution is 6.20. The molecular formula is C24H16N2O3. The van der Waals surface area contributed by atoms with E-state index in [4.69, 9.17) is 10.00 Å². The maximum atomic E-state index is 13.5. The van der Waals surface area contributed by atoms with E-state index >= 15 is 0 Å². The number of carbonyl (C=O) groups is 2. The van der Waals surface area contributed by atoms with E-state index in [1.807, 2.05) is 12.1 Å². The van der Waals surface area contributed by atoms with Gasteiger partial charge in [-0.2, -0.15) is 5.26 Å². The van der Waals surface area contributed by atoms with Crippen LogP contribution in [0.1, 0.15) is 32.0 Å². The van der Waals surface area contributed by atoms with Crippen LogP contribution in [0.3, 0.4) is 0 Å². The number of methoxy groups -OCH3 is 1. The van der Waals surface area contributed by atoms with Crippen molar-refractivity contribution in [3.8, 4) is 17.2 Å². The minimum atomic E-state index is -0.544. The van der Waals surface area contributed by atoms with Crippen LogP contribution in [0.5, 0.6) is 0 Å². The van der Waals surface area contributed by atoms with Crippen molar-refractivity contribution in [2.24, 2.45) is 0 Å². The first-order valence-corrected chi connectivity index (χ1v) is 8.97. The predicted molar refractivity (Wildman–Crippen MR) is 109 cm³/mol. The normalized spacial score (nSPS) is 10.5. The van der Waals surface area contributed by atoms with Gasteiger partial charge in [-0.3, -0.25) is 4.79 Å². The van der Waals surface area contributed by atoms with Gasteiger partial charge in [-0.25, -0.2) is 4.79 Å². The van der Waals surface area contributed by atoms with Gasteiger partial charge in [0.2, 0.25) is 0 Å². The third-order valence-electron chi connectivity index (χ3n) is 4.79. The number of benzene rings is 2. The van der Waals surface area contributed by atoms with Gasteiger partial charge in [0.15, 0.2) is 5.78 Å². The maximum Gasteiger partial charge on any atom is 0.355 e. The number of fused-ring (bicyclic) bond motifs is 1. The fourth-order valence-electron chi connectivity index (χ4n) is 3.46. The summed E-state index contributed by atoms with van der Waals surface area (Å²) in [6, 6.07) is 23.2. The van der Waals surface area contributed by atoms with E-state index in [0.717, 1.165) is 0 Å². The predicted octanol–water partition coefficient (Wildman–Crippen LogP) is 4.50. The lowest BCUT2D eigenvalue weighted by Gasteiger charge is -2.07. The molecule has 0 aliphatic heterocycles. The number of pyridine rings is 1. The molecule has 5 nitrogen and oxygen atoms in total. The van der Waals surface area contributed by atoms with E-state index in [9.17, 15) is 9.59 Å². The Morgan fingerprint density at radius 2 is 1.62 bits per heavy atom. The number of aromatic nitrogens is 1. The number of esters is 1. The number of hydrogen-bond acceptors (Lipinski definition) is 4. The Morgan fingerprint density at radius 1 is 0.931 bits per heavy atom. The zero-order valence-electron chi connectivity index (χ0n) is 15.6. The van der Waals surface area contributed by atoms with Crippen molar-refractivity contribution >= 4 is 17.3 Å². The second-order valence-electron chi connectivity index (χ2n) is 6.43. The van der Waals surface area contributed by atoms with E-state index in [1.54, 1.807) is 71.3 Å². The zero-order valence-corrected chi connectivity index (χ0v) is 15.6. The third kappa shape index (κ3) is 3.07. The molecule has 0 atom stereocenters. The smallest absolute Gasteiger partial charge is 0.355 e. The Bertz CT molecular complexity index is 1260. The fraction of sp³-hybridized carbons (Fsp3) is 0.0417. The largest absolute Gasteiger partial charge is 0.464 e. The number of rotatable bonds is 4. The molecule has 0 bridgehead atoms. The average Bonchev–Trinajstić information content (AvgIpc) is 3.14. The summed E-state index contributed by atoms with van der Waals surface area (Å²) < 4.78 is 6.70. The molecule has 2 aromatic carbocycles. The summed E-state index contributed by atoms with van der Waals surface area (Å²) >= 11 is 0. The molecular weight excluding hydrogens is 364 g/mol. The number of nitriles is 1. The maximum absolute atomic E-state index is 13.5. The van der Waals surface area contributed by atoms with Crippen LogP contribution in [-0.4, -0.2) is 23.3 Å². The summed E-state index contributed by atoms with van der Waals surface area (Å²) in [7, 11) is 1.31. The Balaban J connectivity index is 2.09. The van der Waals surface area contributed by atoms with Gasteiger partial charge in [0, 0.05) is 17.3 Å². The first-order chi connectivity index (χ1) is 14.2. The molecule has 0 radical (unpaired) electrons. The summed E-state index contributed by atoms with van der Waals surface area (Å²) in [6.45, 7) is 0. The Labute approximate surface area is 167 Å². The van der Waals surface area contributed by atoms with Gasteiger partial charge < -0.3 is 9.14 Å². The molecule has 0 aliphatic carbocycles. The molecule has 0 amide bonds. The average molecular weight is 380 g/mol. The van der Waals surface area contributed by atoms with Crippen LogP contribution in [0, 0.1) is 11.3 Å².